The van der Waals surface area contributed by atoms with E-state index in [0.29, 0.717) is 19.2 Å². The molecule has 1 N–H and O–H groups in total. The molecule has 1 saturated carbocycles. The molecule has 1 aliphatic carbocycles. The van der Waals surface area contributed by atoms with Crippen molar-refractivity contribution in [2.45, 2.75) is 45.2 Å². The quantitative estimate of drug-likeness (QED) is 0.811. The number of ether oxygens (including phenoxy) is 1. The van der Waals surface area contributed by atoms with Gasteiger partial charge in [0, 0.05) is 6.04 Å². The Hall–Kier alpha value is -1.36. The molecule has 0 amide bonds. The first-order valence-corrected chi connectivity index (χ1v) is 6.57. The van der Waals surface area contributed by atoms with E-state index in [1.54, 1.807) is 6.20 Å². The Morgan fingerprint density at radius 1 is 1.50 bits per heavy atom. The number of rotatable bonds is 5. The number of oxazole rings is 1. The van der Waals surface area contributed by atoms with Crippen molar-refractivity contribution in [3.8, 4) is 0 Å². The Kier molecular flexibility index (Phi) is 4.75. The smallest absolute Gasteiger partial charge is 0.308 e. The fraction of sp³-hybridized carbons (Fsp3) is 0.692. The van der Waals surface area contributed by atoms with Crippen LogP contribution in [-0.2, 0) is 16.1 Å². The summed E-state index contributed by atoms with van der Waals surface area (Å²) in [5.74, 6) is 0.905. The van der Waals surface area contributed by atoms with Crippen molar-refractivity contribution < 1.29 is 13.9 Å². The summed E-state index contributed by atoms with van der Waals surface area (Å²) < 4.78 is 10.2. The molecule has 0 unspecified atom stereocenters. The molecule has 100 valence electrons. The van der Waals surface area contributed by atoms with Crippen molar-refractivity contribution in [2.24, 2.45) is 5.92 Å². The number of hydrogen-bond acceptors (Lipinski definition) is 5. The van der Waals surface area contributed by atoms with Gasteiger partial charge in [-0.1, -0.05) is 0 Å². The van der Waals surface area contributed by atoms with Gasteiger partial charge in [0.15, 0.2) is 6.39 Å². The summed E-state index contributed by atoms with van der Waals surface area (Å²) in [6.45, 7) is 3.03. The minimum atomic E-state index is -0.0359. The minimum absolute atomic E-state index is 0.0359. The fourth-order valence-electron chi connectivity index (χ4n) is 2.37. The van der Waals surface area contributed by atoms with Crippen molar-refractivity contribution in [1.82, 2.24) is 10.3 Å². The van der Waals surface area contributed by atoms with Crippen LogP contribution in [0.1, 0.15) is 38.4 Å². The van der Waals surface area contributed by atoms with Gasteiger partial charge in [0.2, 0.25) is 0 Å². The molecule has 0 atom stereocenters. The summed E-state index contributed by atoms with van der Waals surface area (Å²) in [7, 11) is 0. The van der Waals surface area contributed by atoms with Crippen LogP contribution in [-0.4, -0.2) is 23.6 Å². The first kappa shape index (κ1) is 13.1. The van der Waals surface area contributed by atoms with Gasteiger partial charge >= 0.3 is 5.97 Å². The Morgan fingerprint density at radius 3 is 2.89 bits per heavy atom. The first-order chi connectivity index (χ1) is 8.79. The van der Waals surface area contributed by atoms with Crippen molar-refractivity contribution in [1.29, 1.82) is 0 Å². The minimum Gasteiger partial charge on any atom is -0.466 e. The van der Waals surface area contributed by atoms with Crippen LogP contribution in [0.4, 0.5) is 0 Å². The van der Waals surface area contributed by atoms with E-state index in [4.69, 9.17) is 9.15 Å². The summed E-state index contributed by atoms with van der Waals surface area (Å²) >= 11 is 0. The van der Waals surface area contributed by atoms with Gasteiger partial charge in [0.1, 0.15) is 5.76 Å². The number of carbonyl (C=O) groups is 1. The van der Waals surface area contributed by atoms with Crippen LogP contribution in [0.2, 0.25) is 0 Å². The van der Waals surface area contributed by atoms with Crippen molar-refractivity contribution in [3.05, 3.63) is 18.4 Å². The zero-order valence-electron chi connectivity index (χ0n) is 10.7. The first-order valence-electron chi connectivity index (χ1n) is 6.57. The average molecular weight is 252 g/mol. The van der Waals surface area contributed by atoms with Crippen LogP contribution in [0.3, 0.4) is 0 Å². The number of nitrogens with one attached hydrogen (secondary N) is 1. The predicted molar refractivity (Wildman–Crippen MR) is 65.7 cm³/mol. The van der Waals surface area contributed by atoms with Gasteiger partial charge in [0.05, 0.1) is 25.3 Å². The van der Waals surface area contributed by atoms with Crippen LogP contribution in [0.5, 0.6) is 0 Å². The molecule has 1 aromatic rings. The summed E-state index contributed by atoms with van der Waals surface area (Å²) in [6.07, 6.45) is 7.00. The number of hydrogen-bond donors (Lipinski definition) is 1. The van der Waals surface area contributed by atoms with Crippen LogP contribution < -0.4 is 5.32 Å². The monoisotopic (exact) mass is 252 g/mol. The largest absolute Gasteiger partial charge is 0.466 e. The number of nitrogens with zero attached hydrogens (tertiary/aromatic N) is 1. The predicted octanol–water partition coefficient (Wildman–Crippen LogP) is 1.89. The highest BCUT2D eigenvalue weighted by molar-refractivity contribution is 5.72. The highest BCUT2D eigenvalue weighted by Gasteiger charge is 2.26. The lowest BCUT2D eigenvalue weighted by molar-refractivity contribution is -0.149. The van der Waals surface area contributed by atoms with Crippen LogP contribution in [0, 0.1) is 5.92 Å². The highest BCUT2D eigenvalue weighted by Crippen LogP contribution is 2.25. The summed E-state index contributed by atoms with van der Waals surface area (Å²) in [4.78, 5) is 15.5. The van der Waals surface area contributed by atoms with Gasteiger partial charge in [-0.25, -0.2) is 4.98 Å². The molecule has 0 saturated heterocycles. The van der Waals surface area contributed by atoms with Gasteiger partial charge in [-0.15, -0.1) is 0 Å². The second kappa shape index (κ2) is 6.54. The van der Waals surface area contributed by atoms with Gasteiger partial charge in [-0.05, 0) is 32.6 Å². The maximum Gasteiger partial charge on any atom is 0.308 e. The number of esters is 1. The second-order valence-corrected chi connectivity index (χ2v) is 4.65. The summed E-state index contributed by atoms with van der Waals surface area (Å²) in [6, 6.07) is 0.459. The van der Waals surface area contributed by atoms with E-state index in [9.17, 15) is 4.79 Å². The molecule has 1 heterocycles. The molecule has 2 rings (SSSR count). The maximum atomic E-state index is 11.6. The Morgan fingerprint density at radius 2 is 2.28 bits per heavy atom. The molecule has 5 heteroatoms. The second-order valence-electron chi connectivity index (χ2n) is 4.65. The SMILES string of the molecule is CCOC(=O)C1CCC(NCc2cnco2)CC1. The molecule has 0 radical (unpaired) electrons. The van der Waals surface area contributed by atoms with E-state index in [0.717, 1.165) is 31.4 Å². The molecular weight excluding hydrogens is 232 g/mol. The Labute approximate surface area is 107 Å². The molecule has 1 aromatic heterocycles. The van der Waals surface area contributed by atoms with E-state index in [2.05, 4.69) is 10.3 Å². The third-order valence-corrected chi connectivity index (χ3v) is 3.40. The number of aromatic nitrogens is 1. The maximum absolute atomic E-state index is 11.6. The molecule has 1 fully saturated rings. The third-order valence-electron chi connectivity index (χ3n) is 3.40. The van der Waals surface area contributed by atoms with E-state index in [1.807, 2.05) is 6.92 Å². The fourth-order valence-corrected chi connectivity index (χ4v) is 2.37. The lowest BCUT2D eigenvalue weighted by Crippen LogP contribution is -2.35. The van der Waals surface area contributed by atoms with Crippen LogP contribution in [0.25, 0.3) is 0 Å². The van der Waals surface area contributed by atoms with Crippen molar-refractivity contribution >= 4 is 5.97 Å². The Balaban J connectivity index is 1.68. The summed E-state index contributed by atoms with van der Waals surface area (Å²) in [5, 5.41) is 3.43. The number of carbonyl (C=O) groups excluding carboxylic acids is 1. The van der Waals surface area contributed by atoms with E-state index >= 15 is 0 Å². The van der Waals surface area contributed by atoms with E-state index < -0.39 is 0 Å². The standard InChI is InChI=1S/C13H20N2O3/c1-2-17-13(16)10-3-5-11(6-4-10)15-8-12-7-14-9-18-12/h7,9-11,15H,2-6,8H2,1H3. The zero-order valence-corrected chi connectivity index (χ0v) is 10.7. The molecule has 0 aliphatic heterocycles. The molecule has 0 spiro atoms. The molecule has 1 aliphatic rings. The average Bonchev–Trinajstić information content (AvgIpc) is 2.90. The van der Waals surface area contributed by atoms with Gasteiger partial charge in [-0.3, -0.25) is 4.79 Å². The normalized spacial score (nSPS) is 23.8. The van der Waals surface area contributed by atoms with Crippen LogP contribution in [0.15, 0.2) is 17.0 Å². The van der Waals surface area contributed by atoms with E-state index in [-0.39, 0.29) is 11.9 Å². The molecule has 18 heavy (non-hydrogen) atoms. The Bertz CT molecular complexity index is 356. The topological polar surface area (TPSA) is 64.4 Å². The van der Waals surface area contributed by atoms with Crippen LogP contribution >= 0.6 is 0 Å². The molecule has 5 nitrogen and oxygen atoms in total. The lowest BCUT2D eigenvalue weighted by atomic mass is 9.86. The lowest BCUT2D eigenvalue weighted by Gasteiger charge is -2.27. The molecule has 0 bridgehead atoms. The van der Waals surface area contributed by atoms with Crippen molar-refractivity contribution in [3.63, 3.8) is 0 Å². The van der Waals surface area contributed by atoms with Crippen molar-refractivity contribution in [2.75, 3.05) is 6.61 Å². The summed E-state index contributed by atoms with van der Waals surface area (Å²) in [5.41, 5.74) is 0. The highest BCUT2D eigenvalue weighted by atomic mass is 16.5. The van der Waals surface area contributed by atoms with Gasteiger partial charge < -0.3 is 14.5 Å². The van der Waals surface area contributed by atoms with E-state index in [1.165, 1.54) is 6.39 Å². The zero-order chi connectivity index (χ0) is 12.8. The molecule has 0 aromatic carbocycles. The van der Waals surface area contributed by atoms with Gasteiger partial charge in [0.25, 0.3) is 0 Å². The third kappa shape index (κ3) is 3.57. The van der Waals surface area contributed by atoms with Gasteiger partial charge in [-0.2, -0.15) is 0 Å². The molecular formula is C13H20N2O3.